The highest BCUT2D eigenvalue weighted by Gasteiger charge is 2.15. The maximum Gasteiger partial charge on any atom is 0.256 e. The standard InChI is InChI=1S/C14H14ClN3O/c1-18(10-7-11-5-2-3-8-16-11)14(19)12-6-4-9-17-13(12)15/h2-6,8-9H,7,10H2,1H3. The summed E-state index contributed by atoms with van der Waals surface area (Å²) < 4.78 is 0. The van der Waals surface area contributed by atoms with Crippen LogP contribution in [0.4, 0.5) is 0 Å². The van der Waals surface area contributed by atoms with Crippen molar-refractivity contribution in [2.24, 2.45) is 0 Å². The quantitative estimate of drug-likeness (QED) is 0.805. The Balaban J connectivity index is 1.99. The molecule has 98 valence electrons. The molecule has 0 saturated carbocycles. The number of aromatic nitrogens is 2. The molecule has 0 radical (unpaired) electrons. The second kappa shape index (κ2) is 6.29. The monoisotopic (exact) mass is 275 g/mol. The van der Waals surface area contributed by atoms with E-state index in [4.69, 9.17) is 11.6 Å². The van der Waals surface area contributed by atoms with E-state index >= 15 is 0 Å². The number of rotatable bonds is 4. The van der Waals surface area contributed by atoms with E-state index in [2.05, 4.69) is 9.97 Å². The highest BCUT2D eigenvalue weighted by atomic mass is 35.5. The minimum absolute atomic E-state index is 0.131. The van der Waals surface area contributed by atoms with E-state index < -0.39 is 0 Å². The van der Waals surface area contributed by atoms with E-state index in [0.717, 1.165) is 5.69 Å². The topological polar surface area (TPSA) is 46.1 Å². The van der Waals surface area contributed by atoms with E-state index in [0.29, 0.717) is 18.5 Å². The second-order valence-corrected chi connectivity index (χ2v) is 4.50. The predicted octanol–water partition coefficient (Wildman–Crippen LogP) is 2.44. The molecular formula is C14H14ClN3O. The van der Waals surface area contributed by atoms with Crippen molar-refractivity contribution in [2.75, 3.05) is 13.6 Å². The summed E-state index contributed by atoms with van der Waals surface area (Å²) in [7, 11) is 1.74. The van der Waals surface area contributed by atoms with Crippen LogP contribution in [0.25, 0.3) is 0 Å². The number of hydrogen-bond donors (Lipinski definition) is 0. The Hall–Kier alpha value is -1.94. The number of halogens is 1. The number of hydrogen-bond acceptors (Lipinski definition) is 3. The molecule has 0 aliphatic carbocycles. The molecule has 0 N–H and O–H groups in total. The maximum atomic E-state index is 12.2. The molecule has 0 atom stereocenters. The molecule has 19 heavy (non-hydrogen) atoms. The van der Waals surface area contributed by atoms with Crippen molar-refractivity contribution >= 4 is 17.5 Å². The molecule has 0 aliphatic heterocycles. The molecule has 0 spiro atoms. The van der Waals surface area contributed by atoms with E-state index in [1.54, 1.807) is 36.5 Å². The SMILES string of the molecule is CN(CCc1ccccn1)C(=O)c1cccnc1Cl. The normalized spacial score (nSPS) is 10.2. The number of pyridine rings is 2. The van der Waals surface area contributed by atoms with Crippen molar-refractivity contribution in [1.82, 2.24) is 14.9 Å². The fraction of sp³-hybridized carbons (Fsp3) is 0.214. The Bertz CT molecular complexity index is 560. The Morgan fingerprint density at radius 3 is 2.68 bits per heavy atom. The van der Waals surface area contributed by atoms with Gasteiger partial charge in [-0.2, -0.15) is 0 Å². The van der Waals surface area contributed by atoms with Gasteiger partial charge in [-0.3, -0.25) is 9.78 Å². The average molecular weight is 276 g/mol. The Labute approximate surface area is 117 Å². The van der Waals surface area contributed by atoms with Crippen LogP contribution in [0.2, 0.25) is 5.15 Å². The Kier molecular flexibility index (Phi) is 4.47. The van der Waals surface area contributed by atoms with Gasteiger partial charge in [-0.15, -0.1) is 0 Å². The summed E-state index contributed by atoms with van der Waals surface area (Å²) in [6, 6.07) is 9.12. The zero-order chi connectivity index (χ0) is 13.7. The van der Waals surface area contributed by atoms with Crippen molar-refractivity contribution < 1.29 is 4.79 Å². The van der Waals surface area contributed by atoms with Crippen LogP contribution >= 0.6 is 11.6 Å². The smallest absolute Gasteiger partial charge is 0.256 e. The van der Waals surface area contributed by atoms with Crippen LogP contribution in [-0.2, 0) is 6.42 Å². The second-order valence-electron chi connectivity index (χ2n) is 4.14. The molecule has 1 amide bonds. The lowest BCUT2D eigenvalue weighted by Crippen LogP contribution is -2.29. The fourth-order valence-electron chi connectivity index (χ4n) is 1.68. The number of carbonyl (C=O) groups is 1. The van der Waals surface area contributed by atoms with Crippen LogP contribution < -0.4 is 0 Å². The van der Waals surface area contributed by atoms with Crippen molar-refractivity contribution in [1.29, 1.82) is 0 Å². The third kappa shape index (κ3) is 3.51. The highest BCUT2D eigenvalue weighted by molar-refractivity contribution is 6.32. The first-order valence-corrected chi connectivity index (χ1v) is 6.32. The minimum atomic E-state index is -0.131. The van der Waals surface area contributed by atoms with E-state index in [1.807, 2.05) is 18.2 Å². The van der Waals surface area contributed by atoms with Gasteiger partial charge >= 0.3 is 0 Å². The third-order valence-electron chi connectivity index (χ3n) is 2.77. The van der Waals surface area contributed by atoms with Gasteiger partial charge in [0.15, 0.2) is 0 Å². The Morgan fingerprint density at radius 1 is 1.21 bits per heavy atom. The molecule has 2 rings (SSSR count). The van der Waals surface area contributed by atoms with Gasteiger partial charge in [0.25, 0.3) is 5.91 Å². The molecule has 2 heterocycles. The summed E-state index contributed by atoms with van der Waals surface area (Å²) in [5.74, 6) is -0.131. The largest absolute Gasteiger partial charge is 0.341 e. The number of carbonyl (C=O) groups excluding carboxylic acids is 1. The fourth-order valence-corrected chi connectivity index (χ4v) is 1.88. The molecule has 4 nitrogen and oxygen atoms in total. The van der Waals surface area contributed by atoms with Crippen molar-refractivity contribution in [3.8, 4) is 0 Å². The third-order valence-corrected chi connectivity index (χ3v) is 3.07. The van der Waals surface area contributed by atoms with Crippen LogP contribution in [0.5, 0.6) is 0 Å². The molecule has 2 aromatic rings. The molecule has 0 aromatic carbocycles. The lowest BCUT2D eigenvalue weighted by molar-refractivity contribution is 0.0796. The molecule has 0 unspecified atom stereocenters. The predicted molar refractivity (Wildman–Crippen MR) is 74.1 cm³/mol. The summed E-state index contributed by atoms with van der Waals surface area (Å²) in [4.78, 5) is 21.9. The van der Waals surface area contributed by atoms with Gasteiger partial charge < -0.3 is 4.90 Å². The first-order valence-electron chi connectivity index (χ1n) is 5.94. The first-order chi connectivity index (χ1) is 9.18. The average Bonchev–Trinajstić information content (AvgIpc) is 2.45. The lowest BCUT2D eigenvalue weighted by Gasteiger charge is -2.17. The molecule has 2 aromatic heterocycles. The number of likely N-dealkylation sites (N-methyl/N-ethyl adjacent to an activating group) is 1. The zero-order valence-electron chi connectivity index (χ0n) is 10.6. The van der Waals surface area contributed by atoms with E-state index in [1.165, 1.54) is 0 Å². The first kappa shape index (κ1) is 13.5. The summed E-state index contributed by atoms with van der Waals surface area (Å²) >= 11 is 5.91. The van der Waals surface area contributed by atoms with Crippen molar-refractivity contribution in [3.05, 3.63) is 59.1 Å². The molecular weight excluding hydrogens is 262 g/mol. The van der Waals surface area contributed by atoms with E-state index in [-0.39, 0.29) is 11.1 Å². The molecule has 0 fully saturated rings. The van der Waals surface area contributed by atoms with Gasteiger partial charge in [-0.05, 0) is 24.3 Å². The number of amides is 1. The minimum Gasteiger partial charge on any atom is -0.341 e. The highest BCUT2D eigenvalue weighted by Crippen LogP contribution is 2.13. The summed E-state index contributed by atoms with van der Waals surface area (Å²) in [6.45, 7) is 0.584. The molecule has 0 bridgehead atoms. The van der Waals surface area contributed by atoms with Crippen LogP contribution in [0, 0.1) is 0 Å². The zero-order valence-corrected chi connectivity index (χ0v) is 11.3. The van der Waals surface area contributed by atoms with Crippen molar-refractivity contribution in [2.45, 2.75) is 6.42 Å². The van der Waals surface area contributed by atoms with Crippen LogP contribution in [0.3, 0.4) is 0 Å². The van der Waals surface area contributed by atoms with Crippen molar-refractivity contribution in [3.63, 3.8) is 0 Å². The maximum absolute atomic E-state index is 12.2. The Morgan fingerprint density at radius 2 is 2.00 bits per heavy atom. The summed E-state index contributed by atoms with van der Waals surface area (Å²) in [5, 5.41) is 0.234. The van der Waals surface area contributed by atoms with Gasteiger partial charge in [0, 0.05) is 38.1 Å². The van der Waals surface area contributed by atoms with Crippen LogP contribution in [0.15, 0.2) is 42.7 Å². The van der Waals surface area contributed by atoms with Gasteiger partial charge in [-0.25, -0.2) is 4.98 Å². The van der Waals surface area contributed by atoms with Crippen LogP contribution in [-0.4, -0.2) is 34.4 Å². The van der Waals surface area contributed by atoms with Gasteiger partial charge in [-0.1, -0.05) is 17.7 Å². The molecule has 0 aliphatic rings. The molecule has 0 saturated heterocycles. The van der Waals surface area contributed by atoms with E-state index in [9.17, 15) is 4.79 Å². The van der Waals surface area contributed by atoms with Gasteiger partial charge in [0.05, 0.1) is 5.56 Å². The van der Waals surface area contributed by atoms with Crippen LogP contribution in [0.1, 0.15) is 16.1 Å². The summed E-state index contributed by atoms with van der Waals surface area (Å²) in [6.07, 6.45) is 4.02. The molecule has 5 heteroatoms. The van der Waals surface area contributed by atoms with Gasteiger partial charge in [0.2, 0.25) is 0 Å². The number of nitrogens with zero attached hydrogens (tertiary/aromatic N) is 3. The summed E-state index contributed by atoms with van der Waals surface area (Å²) in [5.41, 5.74) is 1.38. The lowest BCUT2D eigenvalue weighted by atomic mass is 10.2. The van der Waals surface area contributed by atoms with Gasteiger partial charge in [0.1, 0.15) is 5.15 Å².